The van der Waals surface area contributed by atoms with Crippen molar-refractivity contribution >= 4 is 5.91 Å². The summed E-state index contributed by atoms with van der Waals surface area (Å²) >= 11 is 0. The van der Waals surface area contributed by atoms with E-state index < -0.39 is 11.6 Å². The summed E-state index contributed by atoms with van der Waals surface area (Å²) < 4.78 is 37.9. The van der Waals surface area contributed by atoms with E-state index in [2.05, 4.69) is 13.8 Å². The molecule has 0 aliphatic carbocycles. The first-order chi connectivity index (χ1) is 12.8. The Kier molecular flexibility index (Phi) is 7.16. The van der Waals surface area contributed by atoms with E-state index in [0.29, 0.717) is 29.6 Å². The topological polar surface area (TPSA) is 38.8 Å². The molecule has 1 amide bonds. The molecule has 0 unspecified atom stereocenters. The first-order valence-corrected chi connectivity index (χ1v) is 8.82. The largest absolute Gasteiger partial charge is 0.493 e. The van der Waals surface area contributed by atoms with Crippen LogP contribution in [0.25, 0.3) is 0 Å². The van der Waals surface area contributed by atoms with Gasteiger partial charge in [0.15, 0.2) is 11.5 Å². The van der Waals surface area contributed by atoms with E-state index in [-0.39, 0.29) is 18.0 Å². The summed E-state index contributed by atoms with van der Waals surface area (Å²) in [5, 5.41) is 0. The number of hydrogen-bond acceptors (Lipinski definition) is 3. The van der Waals surface area contributed by atoms with Gasteiger partial charge in [0.25, 0.3) is 5.91 Å². The molecule has 0 spiro atoms. The van der Waals surface area contributed by atoms with Gasteiger partial charge in [0.2, 0.25) is 0 Å². The number of hydrogen-bond donors (Lipinski definition) is 0. The van der Waals surface area contributed by atoms with Gasteiger partial charge in [-0.2, -0.15) is 0 Å². The zero-order valence-electron chi connectivity index (χ0n) is 16.1. The van der Waals surface area contributed by atoms with Crippen LogP contribution in [-0.4, -0.2) is 31.6 Å². The average Bonchev–Trinajstić information content (AvgIpc) is 2.63. The molecule has 0 N–H and O–H groups in total. The minimum absolute atomic E-state index is 0.0277. The zero-order valence-corrected chi connectivity index (χ0v) is 16.1. The summed E-state index contributed by atoms with van der Waals surface area (Å²) in [7, 11) is 3.07. The highest BCUT2D eigenvalue weighted by atomic mass is 19.1. The van der Waals surface area contributed by atoms with E-state index in [0.717, 1.165) is 12.5 Å². The number of benzene rings is 2. The molecular weight excluding hydrogens is 352 g/mol. The Balaban J connectivity index is 2.10. The lowest BCUT2D eigenvalue weighted by molar-refractivity contribution is 0.0783. The first kappa shape index (κ1) is 20.7. The maximum absolute atomic E-state index is 13.8. The normalized spacial score (nSPS) is 10.8. The number of rotatable bonds is 8. The predicted molar refractivity (Wildman–Crippen MR) is 100 cm³/mol. The molecule has 0 saturated heterocycles. The minimum atomic E-state index is -0.680. The maximum Gasteiger partial charge on any atom is 0.254 e. The number of carbonyl (C=O) groups is 1. The van der Waals surface area contributed by atoms with Gasteiger partial charge in [-0.05, 0) is 36.6 Å². The fourth-order valence-corrected chi connectivity index (χ4v) is 2.52. The van der Waals surface area contributed by atoms with E-state index in [1.54, 1.807) is 25.2 Å². The standard InChI is InChI=1S/C21H25F2NO3/c1-14(2)9-10-27-19-8-6-15(11-20(19)26-4)21(25)24(3)13-16-5-7-17(22)12-18(16)23/h5-8,11-12,14H,9-10,13H2,1-4H3. The van der Waals surface area contributed by atoms with Crippen molar-refractivity contribution in [2.24, 2.45) is 5.92 Å². The van der Waals surface area contributed by atoms with Gasteiger partial charge in [0.1, 0.15) is 11.6 Å². The summed E-state index contributed by atoms with van der Waals surface area (Å²) in [6, 6.07) is 8.25. The SMILES string of the molecule is COc1cc(C(=O)N(C)Cc2ccc(F)cc2F)ccc1OCCC(C)C. The van der Waals surface area contributed by atoms with Gasteiger partial charge in [0.05, 0.1) is 13.7 Å². The summed E-state index contributed by atoms with van der Waals surface area (Å²) in [5.41, 5.74) is 0.640. The number of carbonyl (C=O) groups excluding carboxylic acids is 1. The van der Waals surface area contributed by atoms with Crippen LogP contribution < -0.4 is 9.47 Å². The van der Waals surface area contributed by atoms with Crippen molar-refractivity contribution in [2.45, 2.75) is 26.8 Å². The van der Waals surface area contributed by atoms with Crippen molar-refractivity contribution in [1.82, 2.24) is 4.90 Å². The van der Waals surface area contributed by atoms with Crippen LogP contribution >= 0.6 is 0 Å². The molecule has 27 heavy (non-hydrogen) atoms. The summed E-state index contributed by atoms with van der Waals surface area (Å²) in [6.07, 6.45) is 0.913. The van der Waals surface area contributed by atoms with E-state index >= 15 is 0 Å². The van der Waals surface area contributed by atoms with Crippen LogP contribution in [0.2, 0.25) is 0 Å². The van der Waals surface area contributed by atoms with Crippen LogP contribution in [-0.2, 0) is 6.54 Å². The van der Waals surface area contributed by atoms with Gasteiger partial charge in [-0.15, -0.1) is 0 Å². The molecule has 0 aliphatic heterocycles. The molecule has 4 nitrogen and oxygen atoms in total. The second kappa shape index (κ2) is 9.35. The fraction of sp³-hybridized carbons (Fsp3) is 0.381. The number of halogens is 2. The van der Waals surface area contributed by atoms with E-state index in [1.165, 1.54) is 24.1 Å². The Bertz CT molecular complexity index is 793. The van der Waals surface area contributed by atoms with Crippen molar-refractivity contribution in [3.05, 3.63) is 59.2 Å². The monoisotopic (exact) mass is 377 g/mol. The number of amides is 1. The number of ether oxygens (including phenoxy) is 2. The van der Waals surface area contributed by atoms with Crippen molar-refractivity contribution in [1.29, 1.82) is 0 Å². The van der Waals surface area contributed by atoms with Crippen LogP contribution in [0.1, 0.15) is 36.2 Å². The van der Waals surface area contributed by atoms with Gasteiger partial charge in [-0.1, -0.05) is 19.9 Å². The van der Waals surface area contributed by atoms with E-state index in [9.17, 15) is 13.6 Å². The van der Waals surface area contributed by atoms with Gasteiger partial charge in [-0.3, -0.25) is 4.79 Å². The molecule has 146 valence electrons. The maximum atomic E-state index is 13.8. The summed E-state index contributed by atoms with van der Waals surface area (Å²) in [6.45, 7) is 4.81. The fourth-order valence-electron chi connectivity index (χ4n) is 2.52. The van der Waals surface area contributed by atoms with Crippen LogP contribution in [0.5, 0.6) is 11.5 Å². The minimum Gasteiger partial charge on any atom is -0.493 e. The molecule has 2 aromatic carbocycles. The van der Waals surface area contributed by atoms with Crippen LogP contribution in [0.3, 0.4) is 0 Å². The third-order valence-corrected chi connectivity index (χ3v) is 4.13. The molecule has 2 aromatic rings. The third-order valence-electron chi connectivity index (χ3n) is 4.13. The summed E-state index contributed by atoms with van der Waals surface area (Å²) in [4.78, 5) is 14.0. The molecular formula is C21H25F2NO3. The van der Waals surface area contributed by atoms with E-state index in [1.807, 2.05) is 0 Å². The highest BCUT2D eigenvalue weighted by molar-refractivity contribution is 5.94. The van der Waals surface area contributed by atoms with Crippen LogP contribution in [0, 0.1) is 17.6 Å². The highest BCUT2D eigenvalue weighted by Gasteiger charge is 2.17. The predicted octanol–water partition coefficient (Wildman–Crippen LogP) is 4.67. The Morgan fingerprint density at radius 3 is 2.48 bits per heavy atom. The first-order valence-electron chi connectivity index (χ1n) is 8.82. The van der Waals surface area contributed by atoms with Gasteiger partial charge in [-0.25, -0.2) is 8.78 Å². The molecule has 2 rings (SSSR count). The second-order valence-electron chi connectivity index (χ2n) is 6.79. The molecule has 0 atom stereocenters. The smallest absolute Gasteiger partial charge is 0.254 e. The quantitative estimate of drug-likeness (QED) is 0.671. The molecule has 0 bridgehead atoms. The lowest BCUT2D eigenvalue weighted by Crippen LogP contribution is -2.26. The van der Waals surface area contributed by atoms with E-state index in [4.69, 9.17) is 9.47 Å². The number of nitrogens with zero attached hydrogens (tertiary/aromatic N) is 1. The van der Waals surface area contributed by atoms with Gasteiger partial charge < -0.3 is 14.4 Å². The molecule has 0 aliphatic rings. The Hall–Kier alpha value is -2.63. The van der Waals surface area contributed by atoms with Gasteiger partial charge in [0, 0.05) is 30.8 Å². The average molecular weight is 377 g/mol. The molecule has 0 fully saturated rings. The third kappa shape index (κ3) is 5.67. The lowest BCUT2D eigenvalue weighted by atomic mass is 10.1. The molecule has 0 aromatic heterocycles. The van der Waals surface area contributed by atoms with Crippen LogP contribution in [0.4, 0.5) is 8.78 Å². The molecule has 0 radical (unpaired) electrons. The summed E-state index contributed by atoms with van der Waals surface area (Å²) in [5.74, 6) is -0.0693. The van der Waals surface area contributed by atoms with Crippen molar-refractivity contribution < 1.29 is 23.0 Å². The Labute approximate surface area is 158 Å². The molecule has 0 saturated carbocycles. The highest BCUT2D eigenvalue weighted by Crippen LogP contribution is 2.29. The van der Waals surface area contributed by atoms with Crippen molar-refractivity contribution in [3.63, 3.8) is 0 Å². The zero-order chi connectivity index (χ0) is 20.0. The Morgan fingerprint density at radius 1 is 1.11 bits per heavy atom. The number of methoxy groups -OCH3 is 1. The van der Waals surface area contributed by atoms with Crippen molar-refractivity contribution in [2.75, 3.05) is 20.8 Å². The second-order valence-corrected chi connectivity index (χ2v) is 6.79. The Morgan fingerprint density at radius 2 is 1.85 bits per heavy atom. The van der Waals surface area contributed by atoms with Gasteiger partial charge >= 0.3 is 0 Å². The molecule has 0 heterocycles. The lowest BCUT2D eigenvalue weighted by Gasteiger charge is -2.19. The van der Waals surface area contributed by atoms with Crippen LogP contribution in [0.15, 0.2) is 36.4 Å². The molecule has 6 heteroatoms. The van der Waals surface area contributed by atoms with Crippen molar-refractivity contribution in [3.8, 4) is 11.5 Å².